The van der Waals surface area contributed by atoms with Crippen LogP contribution >= 0.6 is 0 Å². The van der Waals surface area contributed by atoms with Gasteiger partial charge in [-0.2, -0.15) is 9.97 Å². The fourth-order valence-electron chi connectivity index (χ4n) is 5.08. The molecule has 2 fully saturated rings. The molecule has 2 aromatic heterocycles. The molecule has 1 saturated carbocycles. The van der Waals surface area contributed by atoms with E-state index in [1.54, 1.807) is 44.2 Å². The van der Waals surface area contributed by atoms with E-state index >= 15 is 0 Å². The third kappa shape index (κ3) is 6.62. The average Bonchev–Trinajstić information content (AvgIpc) is 3.29. The van der Waals surface area contributed by atoms with Crippen LogP contribution in [0.25, 0.3) is 16.9 Å². The summed E-state index contributed by atoms with van der Waals surface area (Å²) in [5, 5.41) is 12.9. The molecule has 2 aliphatic rings. The minimum Gasteiger partial charge on any atom is -0.474 e. The number of aliphatic hydroxyl groups is 1. The predicted octanol–water partition coefficient (Wildman–Crippen LogP) is 3.56. The molecule has 0 atom stereocenters. The lowest BCUT2D eigenvalue weighted by molar-refractivity contribution is -0.126. The number of fused-ring (bicyclic) bond motifs is 1. The molecule has 1 amide bonds. The number of carbonyl (C=O) groups is 1. The molecule has 39 heavy (non-hydrogen) atoms. The molecule has 0 bridgehead atoms. The Morgan fingerprint density at radius 3 is 2.56 bits per heavy atom. The summed E-state index contributed by atoms with van der Waals surface area (Å²) < 4.78 is 41.3. The van der Waals surface area contributed by atoms with E-state index in [1.807, 2.05) is 4.90 Å². The topological polar surface area (TPSA) is 115 Å². The Hall–Kier alpha value is -3.38. The van der Waals surface area contributed by atoms with Crippen molar-refractivity contribution in [3.8, 4) is 11.7 Å². The highest BCUT2D eigenvalue weighted by molar-refractivity contribution is 5.78. The summed E-state index contributed by atoms with van der Waals surface area (Å²) in [6.07, 6.45) is -0.0871. The minimum absolute atomic E-state index is 0.00971. The highest BCUT2D eigenvalue weighted by Crippen LogP contribution is 2.31. The van der Waals surface area contributed by atoms with Crippen molar-refractivity contribution in [3.05, 3.63) is 36.2 Å². The molecule has 1 aliphatic carbocycles. The van der Waals surface area contributed by atoms with Crippen molar-refractivity contribution in [1.82, 2.24) is 24.8 Å². The van der Waals surface area contributed by atoms with Gasteiger partial charge in [0.05, 0.1) is 36.3 Å². The van der Waals surface area contributed by atoms with Gasteiger partial charge in [-0.15, -0.1) is 0 Å². The van der Waals surface area contributed by atoms with Gasteiger partial charge in [0.1, 0.15) is 11.9 Å². The third-order valence-corrected chi connectivity index (χ3v) is 6.90. The molecule has 210 valence electrons. The number of benzene rings is 1. The summed E-state index contributed by atoms with van der Waals surface area (Å²) in [6, 6.07) is 8.55. The first kappa shape index (κ1) is 27.2. The number of imidazole rings is 1. The lowest BCUT2D eigenvalue weighted by atomic mass is 9.92. The van der Waals surface area contributed by atoms with Crippen molar-refractivity contribution in [2.75, 3.05) is 31.2 Å². The van der Waals surface area contributed by atoms with E-state index in [2.05, 4.69) is 20.3 Å². The molecule has 1 aliphatic heterocycles. The Morgan fingerprint density at radius 1 is 1.15 bits per heavy atom. The fourth-order valence-corrected chi connectivity index (χ4v) is 5.08. The molecular weight excluding hydrogens is 510 g/mol. The normalized spacial score (nSPS) is 20.4. The van der Waals surface area contributed by atoms with Crippen LogP contribution in [-0.2, 0) is 9.53 Å². The zero-order valence-electron chi connectivity index (χ0n) is 22.1. The Kier molecular flexibility index (Phi) is 7.94. The van der Waals surface area contributed by atoms with Crippen molar-refractivity contribution in [2.45, 2.75) is 70.1 Å². The highest BCUT2D eigenvalue weighted by Gasteiger charge is 2.28. The number of para-hydroxylation sites is 2. The molecule has 3 aromatic rings. The van der Waals surface area contributed by atoms with Crippen LogP contribution in [0.5, 0.6) is 5.88 Å². The molecule has 2 N–H and O–H groups in total. The molecule has 1 aromatic carbocycles. The molecular formula is C27H34F2N6O4. The third-order valence-electron chi connectivity index (χ3n) is 6.90. The van der Waals surface area contributed by atoms with Gasteiger partial charge in [-0.3, -0.25) is 9.36 Å². The van der Waals surface area contributed by atoms with Gasteiger partial charge in [-0.1, -0.05) is 12.1 Å². The highest BCUT2D eigenvalue weighted by atomic mass is 19.3. The maximum atomic E-state index is 14.1. The van der Waals surface area contributed by atoms with Crippen LogP contribution in [0.3, 0.4) is 0 Å². The number of hydrogen-bond acceptors (Lipinski definition) is 8. The van der Waals surface area contributed by atoms with Gasteiger partial charge in [0.2, 0.25) is 17.7 Å². The molecule has 1 saturated heterocycles. The van der Waals surface area contributed by atoms with E-state index in [4.69, 9.17) is 9.47 Å². The summed E-state index contributed by atoms with van der Waals surface area (Å²) in [5.74, 6) is 0.379. The molecule has 10 nitrogen and oxygen atoms in total. The average molecular weight is 545 g/mol. The molecule has 0 spiro atoms. The Morgan fingerprint density at radius 2 is 1.87 bits per heavy atom. The van der Waals surface area contributed by atoms with Crippen molar-refractivity contribution in [3.63, 3.8) is 0 Å². The maximum absolute atomic E-state index is 14.1. The van der Waals surface area contributed by atoms with Crippen LogP contribution in [0.4, 0.5) is 14.7 Å². The minimum atomic E-state index is -2.80. The van der Waals surface area contributed by atoms with Crippen LogP contribution in [0.15, 0.2) is 30.3 Å². The maximum Gasteiger partial charge on any atom is 0.296 e. The SMILES string of the molecule is CC(C)(O)CC(=O)NC1CCC(Oc2cc(-n3c(C(F)F)nc4ccccc43)nc(N3CCOCC3)n2)CC1. The number of aromatic nitrogens is 4. The predicted molar refractivity (Wildman–Crippen MR) is 140 cm³/mol. The van der Waals surface area contributed by atoms with Gasteiger partial charge in [-0.25, -0.2) is 13.8 Å². The number of morpholine rings is 1. The number of rotatable bonds is 8. The number of ether oxygens (including phenoxy) is 2. The summed E-state index contributed by atoms with van der Waals surface area (Å²) in [7, 11) is 0. The van der Waals surface area contributed by atoms with Crippen molar-refractivity contribution in [2.24, 2.45) is 0 Å². The Balaban J connectivity index is 1.38. The molecule has 3 heterocycles. The van der Waals surface area contributed by atoms with Gasteiger partial charge < -0.3 is 24.8 Å². The van der Waals surface area contributed by atoms with Crippen LogP contribution in [-0.4, -0.2) is 74.6 Å². The fraction of sp³-hybridized carbons (Fsp3) is 0.556. The molecule has 5 rings (SSSR count). The Labute approximate surface area is 225 Å². The number of alkyl halides is 2. The van der Waals surface area contributed by atoms with E-state index in [1.165, 1.54) is 4.57 Å². The van der Waals surface area contributed by atoms with Crippen LogP contribution in [0.1, 0.15) is 58.2 Å². The van der Waals surface area contributed by atoms with E-state index in [9.17, 15) is 18.7 Å². The summed E-state index contributed by atoms with van der Waals surface area (Å²) >= 11 is 0. The quantitative estimate of drug-likeness (QED) is 0.443. The van der Waals surface area contributed by atoms with Crippen LogP contribution in [0.2, 0.25) is 0 Å². The van der Waals surface area contributed by atoms with Crippen molar-refractivity contribution >= 4 is 22.9 Å². The first-order chi connectivity index (χ1) is 18.7. The molecule has 12 heteroatoms. The lowest BCUT2D eigenvalue weighted by Gasteiger charge is -2.31. The number of amides is 1. The van der Waals surface area contributed by atoms with Gasteiger partial charge in [0.15, 0.2) is 5.82 Å². The standard InChI is InChI=1S/C27H34F2N6O4/c1-27(2,37)16-22(36)30-17-7-9-18(10-8-17)39-23-15-21(32-26(33-23)34-11-13-38-14-12-34)35-20-6-4-3-5-19(20)31-25(35)24(28)29/h3-6,15,17-18,24,37H,7-14,16H2,1-2H3,(H,30,36). The number of nitrogens with zero attached hydrogens (tertiary/aromatic N) is 5. The zero-order valence-corrected chi connectivity index (χ0v) is 22.1. The number of hydrogen-bond donors (Lipinski definition) is 2. The van der Waals surface area contributed by atoms with Crippen LogP contribution < -0.4 is 15.0 Å². The molecule has 0 radical (unpaired) electrons. The first-order valence-corrected chi connectivity index (χ1v) is 13.3. The van der Waals surface area contributed by atoms with Crippen LogP contribution in [0, 0.1) is 0 Å². The van der Waals surface area contributed by atoms with E-state index in [0.29, 0.717) is 62.0 Å². The second-order valence-electron chi connectivity index (χ2n) is 10.7. The number of anilines is 1. The van der Waals surface area contributed by atoms with Crippen molar-refractivity contribution in [1.29, 1.82) is 0 Å². The smallest absolute Gasteiger partial charge is 0.296 e. The van der Waals surface area contributed by atoms with E-state index < -0.39 is 17.9 Å². The summed E-state index contributed by atoms with van der Waals surface area (Å²) in [6.45, 7) is 5.40. The number of carbonyl (C=O) groups excluding carboxylic acids is 1. The van der Waals surface area contributed by atoms with E-state index in [0.717, 1.165) is 12.8 Å². The van der Waals surface area contributed by atoms with Crippen molar-refractivity contribution < 1.29 is 28.2 Å². The monoisotopic (exact) mass is 544 g/mol. The van der Waals surface area contributed by atoms with Gasteiger partial charge in [-0.05, 0) is 51.7 Å². The number of nitrogens with one attached hydrogen (secondary N) is 1. The second-order valence-corrected chi connectivity index (χ2v) is 10.7. The van der Waals surface area contributed by atoms with Gasteiger partial charge >= 0.3 is 0 Å². The molecule has 0 unspecified atom stereocenters. The van der Waals surface area contributed by atoms with Gasteiger partial charge in [0, 0.05) is 25.2 Å². The first-order valence-electron chi connectivity index (χ1n) is 13.3. The zero-order chi connectivity index (χ0) is 27.6. The van der Waals surface area contributed by atoms with E-state index in [-0.39, 0.29) is 30.3 Å². The van der Waals surface area contributed by atoms with Gasteiger partial charge in [0.25, 0.3) is 6.43 Å². The summed E-state index contributed by atoms with van der Waals surface area (Å²) in [5.41, 5.74) is -0.0858. The summed E-state index contributed by atoms with van der Waals surface area (Å²) in [4.78, 5) is 27.6. The lowest BCUT2D eigenvalue weighted by Crippen LogP contribution is -2.42. The second kappa shape index (κ2) is 11.4. The Bertz CT molecular complexity index is 1300. The largest absolute Gasteiger partial charge is 0.474 e. The number of halogens is 2.